The van der Waals surface area contributed by atoms with E-state index in [9.17, 15) is 55.1 Å². The minimum atomic E-state index is -2.21. The van der Waals surface area contributed by atoms with Gasteiger partial charge in [-0.3, -0.25) is 4.79 Å². The number of piperidine rings is 1. The first-order valence-electron chi connectivity index (χ1n) is 19.5. The molecular formula is C33H63FN8O16. The Hall–Kier alpha value is -1.48. The number of hydrogen-bond acceptors (Lipinski definition) is 23. The van der Waals surface area contributed by atoms with Crippen molar-refractivity contribution in [2.75, 3.05) is 45.9 Å². The highest BCUT2D eigenvalue weighted by atomic mass is 19.1. The zero-order chi connectivity index (χ0) is 42.6. The molecule has 0 aromatic rings. The van der Waals surface area contributed by atoms with Crippen LogP contribution >= 0.6 is 0 Å². The molecular weight excluding hydrogens is 783 g/mol. The third-order valence-electron chi connectivity index (χ3n) is 11.6. The highest BCUT2D eigenvalue weighted by Crippen LogP contribution is 2.35. The number of carbonyl (C=O) groups is 1. The number of rotatable bonds is 16. The lowest BCUT2D eigenvalue weighted by molar-refractivity contribution is -0.308. The second-order valence-corrected chi connectivity index (χ2v) is 15.8. The molecule has 0 aromatic heterocycles. The molecule has 22 N–H and O–H groups in total. The van der Waals surface area contributed by atoms with Gasteiger partial charge in [0.15, 0.2) is 25.0 Å². The van der Waals surface area contributed by atoms with Crippen LogP contribution in [0.3, 0.4) is 0 Å². The summed E-state index contributed by atoms with van der Waals surface area (Å²) in [5.74, 6) is -1.23. The topological polar surface area (TPSA) is 421 Å². The van der Waals surface area contributed by atoms with Crippen LogP contribution in [0.1, 0.15) is 19.3 Å². The Morgan fingerprint density at radius 1 is 0.793 bits per heavy atom. The first kappa shape index (κ1) is 47.6. The van der Waals surface area contributed by atoms with E-state index < -0.39 is 153 Å². The Labute approximate surface area is 333 Å². The van der Waals surface area contributed by atoms with Crippen molar-refractivity contribution >= 4 is 5.91 Å². The molecule has 1 aliphatic carbocycles. The van der Waals surface area contributed by atoms with Crippen molar-refractivity contribution in [3.63, 3.8) is 0 Å². The Bertz CT molecular complexity index is 1300. The van der Waals surface area contributed by atoms with Gasteiger partial charge < -0.3 is 119 Å². The number of ether oxygens (including phenoxy) is 6. The SMILES string of the molecule is NC[C@@H](F)[C@H](O)C(=O)N[C@@H]1C[C@H](N)[C@@H](O[C@H]2O[C@H](CNCC3(O)CCNCC3)[C@@H](O)[C@H](O)[C@H]2N)[C@H](O[C@@H]2O[C@H](CO)[C@@H](O[C@H]3O[C@@H](CN)[C@@H](O)[C@H](O)[C@H]3N)[C@H]2O)[C@H]1O. The summed E-state index contributed by atoms with van der Waals surface area (Å²) in [6.07, 6.45) is -26.3. The summed E-state index contributed by atoms with van der Waals surface area (Å²) in [4.78, 5) is 12.8. The van der Waals surface area contributed by atoms with Crippen LogP contribution in [-0.2, 0) is 33.2 Å². The third-order valence-corrected chi connectivity index (χ3v) is 11.6. The Kier molecular flexibility index (Phi) is 16.9. The van der Waals surface area contributed by atoms with Crippen LogP contribution in [0.5, 0.6) is 0 Å². The molecule has 5 rings (SSSR count). The molecule has 24 nitrogen and oxygen atoms in total. The van der Waals surface area contributed by atoms with E-state index in [1.54, 1.807) is 0 Å². The van der Waals surface area contributed by atoms with E-state index in [2.05, 4.69) is 16.0 Å². The van der Waals surface area contributed by atoms with Gasteiger partial charge in [-0.2, -0.15) is 0 Å². The number of aliphatic hydroxyl groups excluding tert-OH is 8. The van der Waals surface area contributed by atoms with E-state index in [0.717, 1.165) is 0 Å². The summed E-state index contributed by atoms with van der Waals surface area (Å²) >= 11 is 0. The summed E-state index contributed by atoms with van der Waals surface area (Å²) in [5.41, 5.74) is 28.7. The van der Waals surface area contributed by atoms with Crippen molar-refractivity contribution in [2.45, 2.75) is 153 Å². The lowest BCUT2D eigenvalue weighted by atomic mass is 9.83. The van der Waals surface area contributed by atoms with Gasteiger partial charge in [-0.1, -0.05) is 0 Å². The van der Waals surface area contributed by atoms with Gasteiger partial charge in [-0.05, 0) is 32.4 Å². The van der Waals surface area contributed by atoms with E-state index in [1.807, 2.05) is 0 Å². The van der Waals surface area contributed by atoms with Crippen LogP contribution < -0.4 is 44.6 Å². The third kappa shape index (κ3) is 10.6. The van der Waals surface area contributed by atoms with E-state index >= 15 is 0 Å². The second kappa shape index (κ2) is 20.6. The van der Waals surface area contributed by atoms with Crippen molar-refractivity contribution in [3.8, 4) is 0 Å². The summed E-state index contributed by atoms with van der Waals surface area (Å²) in [6, 6.07) is -5.27. The van der Waals surface area contributed by atoms with Crippen LogP contribution in [0, 0.1) is 0 Å². The van der Waals surface area contributed by atoms with Crippen LogP contribution in [0.4, 0.5) is 4.39 Å². The van der Waals surface area contributed by atoms with Gasteiger partial charge >= 0.3 is 0 Å². The summed E-state index contributed by atoms with van der Waals surface area (Å²) in [6.45, 7) is -0.369. The maximum Gasteiger partial charge on any atom is 0.252 e. The first-order chi connectivity index (χ1) is 27.4. The normalized spacial score (nSPS) is 45.7. The number of hydrogen-bond donors (Lipinski definition) is 17. The molecule has 0 bridgehead atoms. The van der Waals surface area contributed by atoms with E-state index in [4.69, 9.17) is 57.1 Å². The number of nitrogens with one attached hydrogen (secondary N) is 3. The monoisotopic (exact) mass is 846 g/mol. The number of nitrogens with two attached hydrogens (primary N) is 5. The molecule has 4 heterocycles. The molecule has 0 radical (unpaired) electrons. The lowest BCUT2D eigenvalue weighted by Crippen LogP contribution is -2.69. The quantitative estimate of drug-likeness (QED) is 0.0686. The second-order valence-electron chi connectivity index (χ2n) is 15.8. The van der Waals surface area contributed by atoms with Gasteiger partial charge in [0, 0.05) is 32.2 Å². The average Bonchev–Trinajstić information content (AvgIpc) is 3.50. The summed E-state index contributed by atoms with van der Waals surface area (Å²) < 4.78 is 49.7. The van der Waals surface area contributed by atoms with E-state index in [0.29, 0.717) is 25.9 Å². The Morgan fingerprint density at radius 3 is 1.93 bits per heavy atom. The average molecular weight is 847 g/mol. The minimum Gasteiger partial charge on any atom is -0.394 e. The molecule has 5 fully saturated rings. The van der Waals surface area contributed by atoms with Crippen molar-refractivity contribution in [1.29, 1.82) is 0 Å². The molecule has 5 aliphatic rings. The molecule has 58 heavy (non-hydrogen) atoms. The number of alkyl halides is 1. The zero-order valence-corrected chi connectivity index (χ0v) is 31.8. The number of amides is 1. The van der Waals surface area contributed by atoms with Crippen molar-refractivity contribution in [1.82, 2.24) is 16.0 Å². The molecule has 1 saturated carbocycles. The number of halogens is 1. The molecule has 21 atom stereocenters. The van der Waals surface area contributed by atoms with Crippen LogP contribution in [0.2, 0.25) is 0 Å². The molecule has 0 spiro atoms. The van der Waals surface area contributed by atoms with Crippen molar-refractivity contribution in [3.05, 3.63) is 0 Å². The molecule has 1 amide bonds. The summed E-state index contributed by atoms with van der Waals surface area (Å²) in [5, 5.41) is 105. The van der Waals surface area contributed by atoms with Gasteiger partial charge in [0.1, 0.15) is 79.4 Å². The fraction of sp³-hybridized carbons (Fsp3) is 0.970. The maximum absolute atomic E-state index is 14.1. The molecule has 0 unspecified atom stereocenters. The smallest absolute Gasteiger partial charge is 0.252 e. The predicted molar refractivity (Wildman–Crippen MR) is 193 cm³/mol. The number of carbonyl (C=O) groups excluding carboxylic acids is 1. The minimum absolute atomic E-state index is 0.0585. The van der Waals surface area contributed by atoms with Gasteiger partial charge in [0.05, 0.1) is 30.3 Å². The van der Waals surface area contributed by atoms with Crippen LogP contribution in [0.25, 0.3) is 0 Å². The summed E-state index contributed by atoms with van der Waals surface area (Å²) in [7, 11) is 0. The largest absolute Gasteiger partial charge is 0.394 e. The van der Waals surface area contributed by atoms with Crippen molar-refractivity contribution < 1.29 is 83.6 Å². The molecule has 4 saturated heterocycles. The zero-order valence-electron chi connectivity index (χ0n) is 31.8. The van der Waals surface area contributed by atoms with Crippen LogP contribution in [-0.4, -0.2) is 232 Å². The van der Waals surface area contributed by atoms with Crippen LogP contribution in [0.15, 0.2) is 0 Å². The van der Waals surface area contributed by atoms with Gasteiger partial charge in [-0.25, -0.2) is 4.39 Å². The Morgan fingerprint density at radius 2 is 1.34 bits per heavy atom. The molecule has 338 valence electrons. The molecule has 25 heteroatoms. The molecule has 4 aliphatic heterocycles. The maximum atomic E-state index is 14.1. The number of aliphatic hydroxyl groups is 9. The van der Waals surface area contributed by atoms with Gasteiger partial charge in [0.2, 0.25) is 0 Å². The van der Waals surface area contributed by atoms with E-state index in [-0.39, 0.29) is 26.1 Å². The first-order valence-corrected chi connectivity index (χ1v) is 19.5. The van der Waals surface area contributed by atoms with Crippen molar-refractivity contribution in [2.24, 2.45) is 28.7 Å². The van der Waals surface area contributed by atoms with E-state index in [1.165, 1.54) is 0 Å². The fourth-order valence-electron chi connectivity index (χ4n) is 7.90. The van der Waals surface area contributed by atoms with Gasteiger partial charge in [0.25, 0.3) is 5.91 Å². The lowest BCUT2D eigenvalue weighted by Gasteiger charge is -2.48. The fourth-order valence-corrected chi connectivity index (χ4v) is 7.90. The standard InChI is InChI=1S/C33H63FN8O16/c34-11(6-35)19(44)29(51)42-13-5-12(37)26(56-31-18(39)24(49)22(47)15(54-31)8-41-10-33(52)1-3-40-4-2-33)28(20(13)45)58-32-25(50)27(16(9-43)55-32)57-30-17(38)23(48)21(46)14(7-36)53-30/h11-28,30-32,40-41,43-50,52H,1-10,35-39H2,(H,42,51)/t11-,12+,13-,14+,15-,16-,17-,18-,19+,20+,21-,22-,23-,24-,25-,26-,27-,28-,30-,31-,32+/m1/s1. The highest BCUT2D eigenvalue weighted by molar-refractivity contribution is 5.81. The Balaban J connectivity index is 1.35. The van der Waals surface area contributed by atoms with Gasteiger partial charge in [-0.15, -0.1) is 0 Å². The highest BCUT2D eigenvalue weighted by Gasteiger charge is 2.55. The molecule has 0 aromatic carbocycles. The predicted octanol–water partition coefficient (Wildman–Crippen LogP) is -10.3.